The lowest BCUT2D eigenvalue weighted by molar-refractivity contribution is -0.121. The first-order valence-electron chi connectivity index (χ1n) is 9.00. The maximum Gasteiger partial charge on any atom is 0.221 e. The lowest BCUT2D eigenvalue weighted by Gasteiger charge is -2.36. The van der Waals surface area contributed by atoms with Gasteiger partial charge >= 0.3 is 0 Å². The van der Waals surface area contributed by atoms with Gasteiger partial charge in [0.05, 0.1) is 0 Å². The average molecular weight is 333 g/mol. The fourth-order valence-electron chi connectivity index (χ4n) is 3.01. The highest BCUT2D eigenvalue weighted by molar-refractivity contribution is 5.76. The van der Waals surface area contributed by atoms with Gasteiger partial charge in [-0.05, 0) is 37.0 Å². The van der Waals surface area contributed by atoms with Crippen LogP contribution in [-0.4, -0.2) is 61.8 Å². The number of nitrogens with one attached hydrogen (secondary N) is 1. The molecule has 24 heavy (non-hydrogen) atoms. The number of anilines is 1. The summed E-state index contributed by atoms with van der Waals surface area (Å²) in [5, 5.41) is 11.8. The van der Waals surface area contributed by atoms with E-state index in [1.54, 1.807) is 0 Å². The van der Waals surface area contributed by atoms with Crippen LogP contribution in [-0.2, 0) is 4.79 Å². The molecule has 5 nitrogen and oxygen atoms in total. The fourth-order valence-corrected chi connectivity index (χ4v) is 3.01. The lowest BCUT2D eigenvalue weighted by Crippen LogP contribution is -2.47. The van der Waals surface area contributed by atoms with Gasteiger partial charge in [0.15, 0.2) is 0 Å². The normalized spacial score (nSPS) is 16.9. The minimum atomic E-state index is 0.112. The van der Waals surface area contributed by atoms with Crippen LogP contribution in [0.4, 0.5) is 5.69 Å². The fraction of sp³-hybridized carbons (Fsp3) is 0.632. The number of carbonyl (C=O) groups excluding carboxylic acids is 1. The van der Waals surface area contributed by atoms with Crippen molar-refractivity contribution >= 4 is 11.6 Å². The smallest absolute Gasteiger partial charge is 0.221 e. The van der Waals surface area contributed by atoms with E-state index in [0.29, 0.717) is 18.9 Å². The molecule has 1 aromatic carbocycles. The zero-order chi connectivity index (χ0) is 17.4. The monoisotopic (exact) mass is 333 g/mol. The molecular weight excluding hydrogens is 302 g/mol. The summed E-state index contributed by atoms with van der Waals surface area (Å²) >= 11 is 0. The van der Waals surface area contributed by atoms with E-state index in [-0.39, 0.29) is 12.5 Å². The molecule has 0 aromatic heterocycles. The highest BCUT2D eigenvalue weighted by Gasteiger charge is 2.17. The number of hydrogen-bond donors (Lipinski definition) is 2. The van der Waals surface area contributed by atoms with Gasteiger partial charge in [0.25, 0.3) is 0 Å². The van der Waals surface area contributed by atoms with Gasteiger partial charge < -0.3 is 15.3 Å². The molecule has 1 aromatic rings. The van der Waals surface area contributed by atoms with Crippen molar-refractivity contribution in [2.45, 2.75) is 26.7 Å². The Labute approximate surface area is 145 Å². The molecule has 0 spiro atoms. The maximum atomic E-state index is 11.9. The molecular formula is C19H31N3O2. The van der Waals surface area contributed by atoms with Crippen LogP contribution < -0.4 is 10.2 Å². The number of aliphatic hydroxyl groups is 1. The summed E-state index contributed by atoms with van der Waals surface area (Å²) in [6.45, 7) is 9.85. The summed E-state index contributed by atoms with van der Waals surface area (Å²) in [5.41, 5.74) is 2.59. The van der Waals surface area contributed by atoms with Crippen molar-refractivity contribution in [1.29, 1.82) is 0 Å². The summed E-state index contributed by atoms with van der Waals surface area (Å²) in [5.74, 6) is 0.442. The van der Waals surface area contributed by atoms with Crippen molar-refractivity contribution in [1.82, 2.24) is 10.2 Å². The topological polar surface area (TPSA) is 55.8 Å². The number of carbonyl (C=O) groups is 1. The molecule has 0 saturated carbocycles. The van der Waals surface area contributed by atoms with Gasteiger partial charge in [-0.1, -0.05) is 19.1 Å². The second-order valence-electron chi connectivity index (χ2n) is 6.84. The minimum absolute atomic E-state index is 0.112. The third kappa shape index (κ3) is 6.13. The van der Waals surface area contributed by atoms with E-state index < -0.39 is 0 Å². The first-order chi connectivity index (χ1) is 11.6. The van der Waals surface area contributed by atoms with Gasteiger partial charge in [0.1, 0.15) is 0 Å². The number of aliphatic hydroxyl groups excluding tert-OH is 1. The number of hydrogen-bond acceptors (Lipinski definition) is 4. The summed E-state index contributed by atoms with van der Waals surface area (Å²) in [4.78, 5) is 16.7. The van der Waals surface area contributed by atoms with Gasteiger partial charge in [-0.15, -0.1) is 0 Å². The summed E-state index contributed by atoms with van der Waals surface area (Å²) in [6, 6.07) is 8.64. The van der Waals surface area contributed by atoms with Crippen molar-refractivity contribution in [2.75, 3.05) is 50.8 Å². The Hall–Kier alpha value is -1.59. The van der Waals surface area contributed by atoms with Crippen LogP contribution in [0.3, 0.4) is 0 Å². The summed E-state index contributed by atoms with van der Waals surface area (Å²) < 4.78 is 0. The van der Waals surface area contributed by atoms with Crippen LogP contribution in [0.25, 0.3) is 0 Å². The van der Waals surface area contributed by atoms with E-state index in [9.17, 15) is 4.79 Å². The van der Waals surface area contributed by atoms with Crippen molar-refractivity contribution < 1.29 is 9.90 Å². The molecule has 134 valence electrons. The van der Waals surface area contributed by atoms with E-state index in [1.165, 1.54) is 11.3 Å². The molecule has 2 N–H and O–H groups in total. The molecule has 0 radical (unpaired) electrons. The number of amides is 1. The van der Waals surface area contributed by atoms with Crippen molar-refractivity contribution in [3.63, 3.8) is 0 Å². The molecule has 1 aliphatic rings. The minimum Gasteiger partial charge on any atom is -0.396 e. The number of piperazine rings is 1. The number of rotatable bonds is 8. The zero-order valence-electron chi connectivity index (χ0n) is 15.0. The molecule has 1 unspecified atom stereocenters. The Bertz CT molecular complexity index is 513. The van der Waals surface area contributed by atoms with E-state index >= 15 is 0 Å². The van der Waals surface area contributed by atoms with E-state index in [1.807, 2.05) is 6.92 Å². The predicted octanol–water partition coefficient (Wildman–Crippen LogP) is 1.64. The standard InChI is InChI=1S/C19H31N3O2/c1-16-4-3-5-18(14-16)22-11-9-21(10-12-22)8-6-19(24)20-15-17(2)7-13-23/h3-5,14,17,23H,6-13,15H2,1-2H3,(H,20,24). The van der Waals surface area contributed by atoms with E-state index in [4.69, 9.17) is 5.11 Å². The number of aryl methyl sites for hydroxylation is 1. The highest BCUT2D eigenvalue weighted by atomic mass is 16.3. The summed E-state index contributed by atoms with van der Waals surface area (Å²) in [7, 11) is 0. The molecule has 2 rings (SSSR count). The molecule has 1 amide bonds. The SMILES string of the molecule is Cc1cccc(N2CCN(CCC(=O)NCC(C)CCO)CC2)c1. The molecule has 0 aliphatic carbocycles. The van der Waals surface area contributed by atoms with Crippen molar-refractivity contribution in [3.05, 3.63) is 29.8 Å². The van der Waals surface area contributed by atoms with E-state index in [2.05, 4.69) is 46.3 Å². The molecule has 1 saturated heterocycles. The van der Waals surface area contributed by atoms with Crippen LogP contribution in [0.2, 0.25) is 0 Å². The molecule has 5 heteroatoms. The number of benzene rings is 1. The van der Waals surface area contributed by atoms with Crippen LogP contribution in [0.1, 0.15) is 25.3 Å². The van der Waals surface area contributed by atoms with Crippen LogP contribution in [0.15, 0.2) is 24.3 Å². The third-order valence-corrected chi connectivity index (χ3v) is 4.66. The highest BCUT2D eigenvalue weighted by Crippen LogP contribution is 2.17. The Morgan fingerprint density at radius 2 is 2.04 bits per heavy atom. The molecule has 0 bridgehead atoms. The molecule has 1 heterocycles. The van der Waals surface area contributed by atoms with Gasteiger partial charge in [-0.2, -0.15) is 0 Å². The Balaban J connectivity index is 1.65. The lowest BCUT2D eigenvalue weighted by atomic mass is 10.1. The quantitative estimate of drug-likeness (QED) is 0.759. The second kappa shape index (κ2) is 9.64. The van der Waals surface area contributed by atoms with Crippen molar-refractivity contribution in [2.24, 2.45) is 5.92 Å². The molecule has 1 atom stereocenters. The Morgan fingerprint density at radius 1 is 1.29 bits per heavy atom. The van der Waals surface area contributed by atoms with Crippen LogP contribution in [0.5, 0.6) is 0 Å². The molecule has 1 aliphatic heterocycles. The van der Waals surface area contributed by atoms with Gasteiger partial charge in [0, 0.05) is 58.0 Å². The largest absolute Gasteiger partial charge is 0.396 e. The maximum absolute atomic E-state index is 11.9. The second-order valence-corrected chi connectivity index (χ2v) is 6.84. The first-order valence-corrected chi connectivity index (χ1v) is 9.00. The van der Waals surface area contributed by atoms with E-state index in [0.717, 1.165) is 39.1 Å². The number of nitrogens with zero attached hydrogens (tertiary/aromatic N) is 2. The predicted molar refractivity (Wildman–Crippen MR) is 98.3 cm³/mol. The molecule has 1 fully saturated rings. The first kappa shape index (κ1) is 18.7. The third-order valence-electron chi connectivity index (χ3n) is 4.66. The van der Waals surface area contributed by atoms with Crippen molar-refractivity contribution in [3.8, 4) is 0 Å². The Kier molecular flexibility index (Phi) is 7.53. The van der Waals surface area contributed by atoms with Crippen LogP contribution in [0, 0.1) is 12.8 Å². The summed E-state index contributed by atoms with van der Waals surface area (Å²) in [6.07, 6.45) is 1.29. The van der Waals surface area contributed by atoms with Gasteiger partial charge in [-0.25, -0.2) is 0 Å². The Morgan fingerprint density at radius 3 is 2.71 bits per heavy atom. The zero-order valence-corrected chi connectivity index (χ0v) is 15.0. The van der Waals surface area contributed by atoms with Gasteiger partial charge in [-0.3, -0.25) is 9.69 Å². The average Bonchev–Trinajstić information content (AvgIpc) is 2.59. The van der Waals surface area contributed by atoms with Gasteiger partial charge in [0.2, 0.25) is 5.91 Å². The van der Waals surface area contributed by atoms with Crippen LogP contribution >= 0.6 is 0 Å².